The SMILES string of the molecule is O=C(CSc1nnc(-c2ccccc2)c(-c2ccccc2)n1)Nc1sc2c(c1C(=O)Nc1ccccc1)CCCC2. The van der Waals surface area contributed by atoms with E-state index in [1.165, 1.54) is 28.0 Å². The molecule has 1 aliphatic rings. The van der Waals surface area contributed by atoms with E-state index < -0.39 is 0 Å². The highest BCUT2D eigenvalue weighted by Crippen LogP contribution is 2.39. The van der Waals surface area contributed by atoms with Gasteiger partial charge in [0.25, 0.3) is 5.91 Å². The number of carbonyl (C=O) groups is 2. The van der Waals surface area contributed by atoms with Crippen molar-refractivity contribution in [1.29, 1.82) is 0 Å². The van der Waals surface area contributed by atoms with Crippen LogP contribution in [0.4, 0.5) is 10.7 Å². The summed E-state index contributed by atoms with van der Waals surface area (Å²) in [5.74, 6) is -0.336. The Kier molecular flexibility index (Phi) is 8.16. The average Bonchev–Trinajstić information content (AvgIpc) is 3.39. The zero-order valence-electron chi connectivity index (χ0n) is 22.2. The lowest BCUT2D eigenvalue weighted by molar-refractivity contribution is -0.113. The minimum atomic E-state index is -0.223. The van der Waals surface area contributed by atoms with Gasteiger partial charge in [-0.2, -0.15) is 0 Å². The fourth-order valence-electron chi connectivity index (χ4n) is 4.86. The summed E-state index contributed by atoms with van der Waals surface area (Å²) < 4.78 is 0. The molecule has 2 N–H and O–H groups in total. The Bertz CT molecular complexity index is 1680. The number of aryl methyl sites for hydroxylation is 1. The lowest BCUT2D eigenvalue weighted by Crippen LogP contribution is -2.19. The minimum absolute atomic E-state index is 0.0862. The molecule has 6 rings (SSSR count). The number of anilines is 2. The normalized spacial score (nSPS) is 12.4. The number of nitrogens with zero attached hydrogens (tertiary/aromatic N) is 3. The van der Waals surface area contributed by atoms with Crippen molar-refractivity contribution in [3.05, 3.63) is 107 Å². The molecule has 0 aliphatic heterocycles. The van der Waals surface area contributed by atoms with E-state index in [2.05, 4.69) is 20.8 Å². The van der Waals surface area contributed by atoms with Gasteiger partial charge >= 0.3 is 0 Å². The summed E-state index contributed by atoms with van der Waals surface area (Å²) >= 11 is 2.72. The van der Waals surface area contributed by atoms with E-state index in [0.717, 1.165) is 48.1 Å². The van der Waals surface area contributed by atoms with Crippen LogP contribution in [0.1, 0.15) is 33.6 Å². The van der Waals surface area contributed by atoms with Crippen molar-refractivity contribution in [2.75, 3.05) is 16.4 Å². The minimum Gasteiger partial charge on any atom is -0.322 e. The van der Waals surface area contributed by atoms with Gasteiger partial charge in [0.15, 0.2) is 0 Å². The summed E-state index contributed by atoms with van der Waals surface area (Å²) in [7, 11) is 0. The molecule has 1 aliphatic carbocycles. The molecule has 0 radical (unpaired) electrons. The predicted octanol–water partition coefficient (Wildman–Crippen LogP) is 7.13. The Balaban J connectivity index is 1.21. The van der Waals surface area contributed by atoms with Crippen LogP contribution in [-0.4, -0.2) is 32.7 Å². The summed E-state index contributed by atoms with van der Waals surface area (Å²) in [6.45, 7) is 0. The average molecular weight is 578 g/mol. The van der Waals surface area contributed by atoms with Gasteiger partial charge in [-0.1, -0.05) is 90.6 Å². The van der Waals surface area contributed by atoms with Crippen LogP contribution in [-0.2, 0) is 17.6 Å². The zero-order valence-corrected chi connectivity index (χ0v) is 23.8. The molecule has 9 heteroatoms. The molecule has 2 amide bonds. The number of rotatable bonds is 8. The summed E-state index contributed by atoms with van der Waals surface area (Å²) in [4.78, 5) is 32.5. The Morgan fingerprint density at radius 1 is 0.756 bits per heavy atom. The number of thioether (sulfide) groups is 1. The first kappa shape index (κ1) is 26.9. The molecule has 0 fully saturated rings. The first-order chi connectivity index (χ1) is 20.2. The van der Waals surface area contributed by atoms with Crippen molar-refractivity contribution < 1.29 is 9.59 Å². The van der Waals surface area contributed by atoms with Crippen LogP contribution < -0.4 is 10.6 Å². The number of hydrogen-bond donors (Lipinski definition) is 2. The van der Waals surface area contributed by atoms with Gasteiger partial charge < -0.3 is 10.6 Å². The Labute approximate surface area is 246 Å². The van der Waals surface area contributed by atoms with Gasteiger partial charge in [0.1, 0.15) is 16.4 Å². The molecule has 7 nitrogen and oxygen atoms in total. The Hall–Kier alpha value is -4.34. The van der Waals surface area contributed by atoms with Crippen LogP contribution in [0.5, 0.6) is 0 Å². The molecule has 0 saturated carbocycles. The molecule has 3 aromatic carbocycles. The maximum absolute atomic E-state index is 13.4. The number of amides is 2. The van der Waals surface area contributed by atoms with Crippen molar-refractivity contribution in [2.45, 2.75) is 30.8 Å². The van der Waals surface area contributed by atoms with E-state index in [0.29, 0.717) is 27.1 Å². The molecule has 0 atom stereocenters. The van der Waals surface area contributed by atoms with Gasteiger partial charge in [-0.05, 0) is 43.4 Å². The molecule has 2 aromatic heterocycles. The second-order valence-electron chi connectivity index (χ2n) is 9.60. The summed E-state index contributed by atoms with van der Waals surface area (Å²) in [6, 6.07) is 29.0. The molecule has 0 bridgehead atoms. The molecular formula is C32H27N5O2S2. The van der Waals surface area contributed by atoms with Crippen molar-refractivity contribution in [3.8, 4) is 22.5 Å². The lowest BCUT2D eigenvalue weighted by Gasteiger charge is -2.13. The number of carbonyl (C=O) groups excluding carboxylic acids is 2. The molecule has 204 valence electrons. The van der Waals surface area contributed by atoms with Gasteiger partial charge in [0.2, 0.25) is 11.1 Å². The van der Waals surface area contributed by atoms with E-state index in [9.17, 15) is 9.59 Å². The fourth-order valence-corrected chi connectivity index (χ4v) is 6.75. The largest absolute Gasteiger partial charge is 0.322 e. The van der Waals surface area contributed by atoms with Gasteiger partial charge in [0.05, 0.1) is 11.3 Å². The standard InChI is InChI=1S/C32H27N5O2S2/c38-26(34-31-27(24-18-10-11-19-25(24)41-31)30(39)33-23-16-8-3-9-17-23)20-40-32-35-28(21-12-4-1-5-13-21)29(36-37-32)22-14-6-2-7-15-22/h1-9,12-17H,10-11,18-20H2,(H,33,39)(H,34,38). The number of benzene rings is 3. The van der Waals surface area contributed by atoms with E-state index in [1.54, 1.807) is 0 Å². The van der Waals surface area contributed by atoms with Crippen molar-refractivity contribution >= 4 is 45.6 Å². The lowest BCUT2D eigenvalue weighted by atomic mass is 9.95. The van der Waals surface area contributed by atoms with E-state index >= 15 is 0 Å². The first-order valence-electron chi connectivity index (χ1n) is 13.4. The van der Waals surface area contributed by atoms with Gasteiger partial charge in [-0.15, -0.1) is 21.5 Å². The third kappa shape index (κ3) is 6.21. The highest BCUT2D eigenvalue weighted by Gasteiger charge is 2.26. The fraction of sp³-hybridized carbons (Fsp3) is 0.156. The van der Waals surface area contributed by atoms with Crippen molar-refractivity contribution in [2.24, 2.45) is 0 Å². The predicted molar refractivity (Wildman–Crippen MR) is 165 cm³/mol. The van der Waals surface area contributed by atoms with Gasteiger partial charge in [0, 0.05) is 21.7 Å². The number of nitrogens with one attached hydrogen (secondary N) is 2. The molecular weight excluding hydrogens is 551 g/mol. The van der Waals surface area contributed by atoms with Crippen LogP contribution in [0.3, 0.4) is 0 Å². The topological polar surface area (TPSA) is 96.9 Å². The third-order valence-electron chi connectivity index (χ3n) is 6.78. The molecule has 41 heavy (non-hydrogen) atoms. The van der Waals surface area contributed by atoms with E-state index in [4.69, 9.17) is 4.98 Å². The zero-order chi connectivity index (χ0) is 28.0. The maximum atomic E-state index is 13.4. The second-order valence-corrected chi connectivity index (χ2v) is 11.6. The quantitative estimate of drug-likeness (QED) is 0.191. The molecule has 0 saturated heterocycles. The number of thiophene rings is 1. The maximum Gasteiger partial charge on any atom is 0.258 e. The number of aromatic nitrogens is 3. The highest BCUT2D eigenvalue weighted by molar-refractivity contribution is 7.99. The van der Waals surface area contributed by atoms with Crippen LogP contribution in [0.2, 0.25) is 0 Å². The summed E-state index contributed by atoms with van der Waals surface area (Å²) in [5.41, 5.74) is 5.58. The number of para-hydroxylation sites is 1. The molecule has 2 heterocycles. The number of hydrogen-bond acceptors (Lipinski definition) is 7. The van der Waals surface area contributed by atoms with Gasteiger partial charge in [-0.3, -0.25) is 9.59 Å². The smallest absolute Gasteiger partial charge is 0.258 e. The van der Waals surface area contributed by atoms with E-state index in [-0.39, 0.29) is 17.6 Å². The van der Waals surface area contributed by atoms with Crippen LogP contribution in [0, 0.1) is 0 Å². The van der Waals surface area contributed by atoms with E-state index in [1.807, 2.05) is 91.0 Å². The molecule has 5 aromatic rings. The second kappa shape index (κ2) is 12.4. The summed E-state index contributed by atoms with van der Waals surface area (Å²) in [5, 5.41) is 15.8. The highest BCUT2D eigenvalue weighted by atomic mass is 32.2. The summed E-state index contributed by atoms with van der Waals surface area (Å²) in [6.07, 6.45) is 3.88. The molecule has 0 unspecified atom stereocenters. The van der Waals surface area contributed by atoms with Crippen LogP contribution >= 0.6 is 23.1 Å². The van der Waals surface area contributed by atoms with Gasteiger partial charge in [-0.25, -0.2) is 4.98 Å². The Morgan fingerprint density at radius 3 is 2.10 bits per heavy atom. The van der Waals surface area contributed by atoms with Crippen molar-refractivity contribution in [3.63, 3.8) is 0 Å². The van der Waals surface area contributed by atoms with Crippen LogP contribution in [0.15, 0.2) is 96.2 Å². The Morgan fingerprint density at radius 2 is 1.39 bits per heavy atom. The number of fused-ring (bicyclic) bond motifs is 1. The third-order valence-corrected chi connectivity index (χ3v) is 8.82. The first-order valence-corrected chi connectivity index (χ1v) is 15.2. The monoisotopic (exact) mass is 577 g/mol. The van der Waals surface area contributed by atoms with Crippen LogP contribution in [0.25, 0.3) is 22.5 Å². The van der Waals surface area contributed by atoms with Crippen molar-refractivity contribution in [1.82, 2.24) is 15.2 Å². The molecule has 0 spiro atoms.